The van der Waals surface area contributed by atoms with Crippen LogP contribution in [0.4, 0.5) is 17.6 Å². The van der Waals surface area contributed by atoms with Crippen LogP contribution in [0.1, 0.15) is 47.4 Å². The second-order valence-corrected chi connectivity index (χ2v) is 14.8. The SMILES string of the molecule is CS(=O)(=O)N1CCC2(CC1)CNC[C@@H](CCc1c(F)cncc1CC(=O)[C@@H](N)[C@@H](c1ccc(Cl)cc1)c1cccc(OC(F)(F)F)c1)O2. The van der Waals surface area contributed by atoms with Crippen LogP contribution in [0, 0.1) is 5.82 Å². The number of alkyl halides is 3. The Labute approximate surface area is 281 Å². The van der Waals surface area contributed by atoms with Crippen LogP contribution in [0.3, 0.4) is 0 Å². The maximum Gasteiger partial charge on any atom is 0.573 e. The summed E-state index contributed by atoms with van der Waals surface area (Å²) < 4.78 is 90.1. The fourth-order valence-corrected chi connectivity index (χ4v) is 7.46. The summed E-state index contributed by atoms with van der Waals surface area (Å²) >= 11 is 6.07. The lowest BCUT2D eigenvalue weighted by atomic mass is 9.82. The molecule has 3 heterocycles. The second-order valence-electron chi connectivity index (χ2n) is 12.3. The lowest BCUT2D eigenvalue weighted by Gasteiger charge is -2.46. The van der Waals surface area contributed by atoms with Gasteiger partial charge in [0.15, 0.2) is 5.78 Å². The number of aromatic nitrogens is 1. The number of piperidine rings is 1. The third-order valence-electron chi connectivity index (χ3n) is 8.92. The number of carbonyl (C=O) groups excluding carboxylic acids is 1. The Bertz CT molecular complexity index is 1700. The van der Waals surface area contributed by atoms with Crippen molar-refractivity contribution >= 4 is 27.4 Å². The molecule has 9 nitrogen and oxygen atoms in total. The minimum atomic E-state index is -4.91. The number of nitrogens with zero attached hydrogens (tertiary/aromatic N) is 2. The van der Waals surface area contributed by atoms with Crippen LogP contribution in [0.15, 0.2) is 60.9 Å². The van der Waals surface area contributed by atoms with E-state index in [2.05, 4.69) is 15.0 Å². The highest BCUT2D eigenvalue weighted by atomic mass is 35.5. The quantitative estimate of drug-likeness (QED) is 0.273. The molecule has 2 aromatic carbocycles. The molecule has 3 atom stereocenters. The number of rotatable bonds is 11. The zero-order valence-electron chi connectivity index (χ0n) is 26.2. The van der Waals surface area contributed by atoms with Crippen molar-refractivity contribution in [1.82, 2.24) is 14.6 Å². The molecule has 5 rings (SSSR count). The van der Waals surface area contributed by atoms with E-state index in [0.717, 1.165) is 12.3 Å². The van der Waals surface area contributed by atoms with Crippen molar-refractivity contribution in [1.29, 1.82) is 0 Å². The molecule has 2 aliphatic rings. The molecule has 0 aliphatic carbocycles. The van der Waals surface area contributed by atoms with Crippen molar-refractivity contribution in [2.75, 3.05) is 32.4 Å². The molecule has 2 fully saturated rings. The van der Waals surface area contributed by atoms with E-state index in [-0.39, 0.29) is 18.9 Å². The number of morpholine rings is 1. The van der Waals surface area contributed by atoms with E-state index < -0.39 is 51.3 Å². The molecule has 260 valence electrons. The molecule has 2 aliphatic heterocycles. The predicted octanol–water partition coefficient (Wildman–Crippen LogP) is 4.76. The molecule has 3 aromatic rings. The van der Waals surface area contributed by atoms with Gasteiger partial charge in [-0.15, -0.1) is 13.2 Å². The Kier molecular flexibility index (Phi) is 11.1. The van der Waals surface area contributed by atoms with Gasteiger partial charge in [0.1, 0.15) is 11.6 Å². The monoisotopic (exact) mass is 712 g/mol. The van der Waals surface area contributed by atoms with Gasteiger partial charge in [0.05, 0.1) is 30.2 Å². The highest BCUT2D eigenvalue weighted by Gasteiger charge is 2.42. The topological polar surface area (TPSA) is 124 Å². The number of benzene rings is 2. The number of hydrogen-bond acceptors (Lipinski definition) is 8. The Balaban J connectivity index is 1.31. The van der Waals surface area contributed by atoms with Crippen molar-refractivity contribution in [3.05, 3.63) is 94.0 Å². The van der Waals surface area contributed by atoms with Gasteiger partial charge in [-0.25, -0.2) is 17.1 Å². The summed E-state index contributed by atoms with van der Waals surface area (Å²) in [5.74, 6) is -2.39. The Morgan fingerprint density at radius 1 is 1.17 bits per heavy atom. The number of sulfonamides is 1. The first-order valence-electron chi connectivity index (χ1n) is 15.5. The van der Waals surface area contributed by atoms with E-state index in [0.29, 0.717) is 72.7 Å². The number of ether oxygens (including phenoxy) is 2. The summed E-state index contributed by atoms with van der Waals surface area (Å²) in [4.78, 5) is 17.7. The zero-order chi connectivity index (χ0) is 34.7. The molecule has 48 heavy (non-hydrogen) atoms. The second kappa shape index (κ2) is 14.8. The molecule has 0 saturated carbocycles. The smallest absolute Gasteiger partial charge is 0.406 e. The summed E-state index contributed by atoms with van der Waals surface area (Å²) in [7, 11) is -3.29. The van der Waals surface area contributed by atoms with Gasteiger partial charge in [0.2, 0.25) is 10.0 Å². The van der Waals surface area contributed by atoms with Gasteiger partial charge in [-0.2, -0.15) is 0 Å². The van der Waals surface area contributed by atoms with Crippen LogP contribution >= 0.6 is 11.6 Å². The standard InChI is InChI=1S/C33H37ClF4N4O5S/c1-48(44,45)42-13-11-32(12-14-42)20-41-18-26(46-32)9-10-27-23(17-40-19-28(27)35)16-29(43)31(39)30(21-5-7-24(34)8-6-21)22-3-2-4-25(15-22)47-33(36,37)38/h2-8,15,17,19,26,30-31,41H,9-14,16,18,20,39H2,1H3/t26-,30+,31-/m1/s1. The number of nitrogens with one attached hydrogen (secondary N) is 1. The fraction of sp³-hybridized carbons (Fsp3) is 0.455. The Hall–Kier alpha value is -3.14. The molecule has 2 saturated heterocycles. The number of Topliss-reactive ketones (excluding diaryl/α,β-unsaturated/α-hetero) is 1. The largest absolute Gasteiger partial charge is 0.573 e. The molecule has 15 heteroatoms. The van der Waals surface area contributed by atoms with Crippen LogP contribution in [-0.4, -0.2) is 80.0 Å². The number of halogens is 5. The number of nitrogens with two attached hydrogens (primary N) is 1. The van der Waals surface area contributed by atoms with Gasteiger partial charge in [0, 0.05) is 49.7 Å². The molecule has 0 amide bonds. The van der Waals surface area contributed by atoms with Gasteiger partial charge in [0.25, 0.3) is 0 Å². The van der Waals surface area contributed by atoms with Crippen LogP contribution < -0.4 is 15.8 Å². The number of pyridine rings is 1. The Morgan fingerprint density at radius 3 is 2.54 bits per heavy atom. The lowest BCUT2D eigenvalue weighted by Crippen LogP contribution is -2.58. The van der Waals surface area contributed by atoms with Gasteiger partial charge >= 0.3 is 6.36 Å². The zero-order valence-corrected chi connectivity index (χ0v) is 27.8. The molecular formula is C33H37ClF4N4O5S. The third-order valence-corrected chi connectivity index (χ3v) is 10.5. The summed E-state index contributed by atoms with van der Waals surface area (Å²) in [6.45, 7) is 1.83. The van der Waals surface area contributed by atoms with Gasteiger partial charge in [-0.3, -0.25) is 9.78 Å². The minimum Gasteiger partial charge on any atom is -0.406 e. The maximum absolute atomic E-state index is 15.2. The van der Waals surface area contributed by atoms with Gasteiger partial charge in [-0.1, -0.05) is 35.9 Å². The predicted molar refractivity (Wildman–Crippen MR) is 172 cm³/mol. The summed E-state index contributed by atoms with van der Waals surface area (Å²) in [5, 5.41) is 3.80. The molecule has 1 aromatic heterocycles. The number of hydrogen-bond donors (Lipinski definition) is 2. The third kappa shape index (κ3) is 9.10. The first-order chi connectivity index (χ1) is 22.6. The van der Waals surface area contributed by atoms with Crippen molar-refractivity contribution in [3.63, 3.8) is 0 Å². The first kappa shape index (κ1) is 36.1. The first-order valence-corrected chi connectivity index (χ1v) is 17.7. The average molecular weight is 713 g/mol. The Morgan fingerprint density at radius 2 is 1.88 bits per heavy atom. The molecule has 0 radical (unpaired) electrons. The maximum atomic E-state index is 15.2. The summed E-state index contributed by atoms with van der Waals surface area (Å²) in [6, 6.07) is 10.5. The van der Waals surface area contributed by atoms with Gasteiger partial charge < -0.3 is 20.5 Å². The normalized spacial score (nSPS) is 19.9. The highest BCUT2D eigenvalue weighted by molar-refractivity contribution is 7.88. The molecule has 0 unspecified atom stereocenters. The van der Waals surface area contributed by atoms with E-state index in [1.165, 1.54) is 28.9 Å². The van der Waals surface area contributed by atoms with Crippen molar-refractivity contribution in [2.45, 2.75) is 62.1 Å². The molecule has 1 spiro atoms. The lowest BCUT2D eigenvalue weighted by molar-refractivity contribution is -0.274. The van der Waals surface area contributed by atoms with E-state index in [9.17, 15) is 26.4 Å². The van der Waals surface area contributed by atoms with E-state index >= 15 is 4.39 Å². The van der Waals surface area contributed by atoms with Crippen molar-refractivity contribution in [3.8, 4) is 5.75 Å². The van der Waals surface area contributed by atoms with E-state index in [4.69, 9.17) is 22.1 Å². The van der Waals surface area contributed by atoms with Gasteiger partial charge in [-0.05, 0) is 72.2 Å². The summed E-state index contributed by atoms with van der Waals surface area (Å²) in [5.41, 5.74) is 7.53. The molecule has 3 N–H and O–H groups in total. The molecular weight excluding hydrogens is 676 g/mol. The highest BCUT2D eigenvalue weighted by Crippen LogP contribution is 2.34. The van der Waals surface area contributed by atoms with E-state index in [1.54, 1.807) is 30.3 Å². The number of ketones is 1. The van der Waals surface area contributed by atoms with Crippen LogP contribution in [0.25, 0.3) is 0 Å². The minimum absolute atomic E-state index is 0.238. The average Bonchev–Trinajstić information content (AvgIpc) is 3.01. The summed E-state index contributed by atoms with van der Waals surface area (Å²) in [6.07, 6.45) is -0.0388. The molecule has 0 bridgehead atoms. The van der Waals surface area contributed by atoms with Crippen LogP contribution in [0.5, 0.6) is 5.75 Å². The van der Waals surface area contributed by atoms with Crippen LogP contribution in [0.2, 0.25) is 5.02 Å². The van der Waals surface area contributed by atoms with E-state index in [1.807, 2.05) is 0 Å². The number of carbonyl (C=O) groups is 1. The van der Waals surface area contributed by atoms with Crippen molar-refractivity contribution < 1.29 is 40.2 Å². The van der Waals surface area contributed by atoms with Crippen molar-refractivity contribution in [2.24, 2.45) is 5.73 Å². The van der Waals surface area contributed by atoms with Crippen LogP contribution in [-0.2, 0) is 32.4 Å². The fourth-order valence-electron chi connectivity index (χ4n) is 6.49.